The average molecular weight is 231 g/mol. The van der Waals surface area contributed by atoms with E-state index in [9.17, 15) is 8.42 Å². The monoisotopic (exact) mass is 231 g/mol. The Labute approximate surface area is 90.6 Å². The molecule has 1 aromatic heterocycles. The second-order valence-electron chi connectivity index (χ2n) is 3.66. The van der Waals surface area contributed by atoms with Crippen molar-refractivity contribution >= 4 is 10.0 Å². The lowest BCUT2D eigenvalue weighted by Crippen LogP contribution is -2.25. The minimum Gasteiger partial charge on any atom is -0.334 e. The van der Waals surface area contributed by atoms with Gasteiger partial charge < -0.3 is 4.57 Å². The zero-order chi connectivity index (χ0) is 11.5. The van der Waals surface area contributed by atoms with Gasteiger partial charge >= 0.3 is 0 Å². The van der Waals surface area contributed by atoms with Crippen LogP contribution in [-0.2, 0) is 16.6 Å². The SMILES string of the molecule is CNS(=O)(=O)CCn1ccnc1C(C)C. The molecule has 0 bridgehead atoms. The van der Waals surface area contributed by atoms with E-state index >= 15 is 0 Å². The molecule has 15 heavy (non-hydrogen) atoms. The van der Waals surface area contributed by atoms with Gasteiger partial charge in [0.15, 0.2) is 0 Å². The normalized spacial score (nSPS) is 12.3. The van der Waals surface area contributed by atoms with Gasteiger partial charge in [-0.3, -0.25) is 0 Å². The molecule has 1 aromatic rings. The molecule has 5 nitrogen and oxygen atoms in total. The van der Waals surface area contributed by atoms with Crippen LogP contribution in [0.1, 0.15) is 25.6 Å². The average Bonchev–Trinajstić information content (AvgIpc) is 2.63. The summed E-state index contributed by atoms with van der Waals surface area (Å²) in [7, 11) is -1.71. The molecule has 1 heterocycles. The molecule has 0 aromatic carbocycles. The molecule has 0 radical (unpaired) electrons. The number of rotatable bonds is 5. The van der Waals surface area contributed by atoms with E-state index in [1.165, 1.54) is 7.05 Å². The summed E-state index contributed by atoms with van der Waals surface area (Å²) >= 11 is 0. The Hall–Kier alpha value is -0.880. The molecule has 86 valence electrons. The lowest BCUT2D eigenvalue weighted by atomic mass is 10.2. The van der Waals surface area contributed by atoms with Crippen LogP contribution in [0, 0.1) is 0 Å². The molecule has 0 aliphatic heterocycles. The van der Waals surface area contributed by atoms with Crippen molar-refractivity contribution in [2.24, 2.45) is 0 Å². The van der Waals surface area contributed by atoms with Crippen molar-refractivity contribution in [1.29, 1.82) is 0 Å². The molecule has 0 aliphatic carbocycles. The van der Waals surface area contributed by atoms with Crippen molar-refractivity contribution in [3.8, 4) is 0 Å². The Bertz CT molecular complexity index is 409. The maximum absolute atomic E-state index is 11.2. The van der Waals surface area contributed by atoms with Gasteiger partial charge in [0.2, 0.25) is 10.0 Å². The van der Waals surface area contributed by atoms with Gasteiger partial charge in [-0.2, -0.15) is 0 Å². The van der Waals surface area contributed by atoms with Gasteiger partial charge in [0.05, 0.1) is 5.75 Å². The topological polar surface area (TPSA) is 64.0 Å². The smallest absolute Gasteiger partial charge is 0.213 e. The first-order valence-electron chi connectivity index (χ1n) is 4.88. The van der Waals surface area contributed by atoms with E-state index in [1.807, 2.05) is 18.4 Å². The summed E-state index contributed by atoms with van der Waals surface area (Å²) in [5, 5.41) is 0. The molecule has 0 saturated heterocycles. The van der Waals surface area contributed by atoms with Gasteiger partial charge in [0.1, 0.15) is 5.82 Å². The molecule has 0 atom stereocenters. The number of aromatic nitrogens is 2. The Morgan fingerprint density at radius 2 is 2.20 bits per heavy atom. The van der Waals surface area contributed by atoms with Crippen molar-refractivity contribution < 1.29 is 8.42 Å². The van der Waals surface area contributed by atoms with Crippen LogP contribution in [-0.4, -0.2) is 30.8 Å². The van der Waals surface area contributed by atoms with Crippen molar-refractivity contribution in [3.05, 3.63) is 18.2 Å². The molecule has 0 fully saturated rings. The van der Waals surface area contributed by atoms with Crippen LogP contribution >= 0.6 is 0 Å². The number of aryl methyl sites for hydroxylation is 1. The van der Waals surface area contributed by atoms with Gasteiger partial charge in [-0.1, -0.05) is 13.8 Å². The Morgan fingerprint density at radius 3 is 2.73 bits per heavy atom. The third-order valence-electron chi connectivity index (χ3n) is 2.18. The fourth-order valence-electron chi connectivity index (χ4n) is 1.33. The van der Waals surface area contributed by atoms with Gasteiger partial charge in [-0.25, -0.2) is 18.1 Å². The van der Waals surface area contributed by atoms with Crippen LogP contribution in [0.5, 0.6) is 0 Å². The zero-order valence-corrected chi connectivity index (χ0v) is 10.1. The fourth-order valence-corrected chi connectivity index (χ4v) is 1.97. The Morgan fingerprint density at radius 1 is 1.53 bits per heavy atom. The van der Waals surface area contributed by atoms with Crippen LogP contribution in [0.2, 0.25) is 0 Å². The highest BCUT2D eigenvalue weighted by Gasteiger charge is 2.11. The highest BCUT2D eigenvalue weighted by atomic mass is 32.2. The van der Waals surface area contributed by atoms with E-state index < -0.39 is 10.0 Å². The molecular formula is C9H17N3O2S. The number of nitrogens with zero attached hydrogens (tertiary/aromatic N) is 2. The lowest BCUT2D eigenvalue weighted by molar-refractivity contribution is 0.575. The largest absolute Gasteiger partial charge is 0.334 e. The molecule has 0 spiro atoms. The Balaban J connectivity index is 2.70. The van der Waals surface area contributed by atoms with Gasteiger partial charge in [0, 0.05) is 24.9 Å². The van der Waals surface area contributed by atoms with Crippen molar-refractivity contribution in [3.63, 3.8) is 0 Å². The second-order valence-corrected chi connectivity index (χ2v) is 5.70. The Kier molecular flexibility index (Phi) is 3.87. The minimum absolute atomic E-state index is 0.0829. The third-order valence-corrected chi connectivity index (χ3v) is 3.52. The van der Waals surface area contributed by atoms with Gasteiger partial charge in [0.25, 0.3) is 0 Å². The van der Waals surface area contributed by atoms with E-state index in [2.05, 4.69) is 9.71 Å². The lowest BCUT2D eigenvalue weighted by Gasteiger charge is -2.09. The molecular weight excluding hydrogens is 214 g/mol. The van der Waals surface area contributed by atoms with Crippen molar-refractivity contribution in [1.82, 2.24) is 14.3 Å². The molecule has 0 unspecified atom stereocenters. The van der Waals surface area contributed by atoms with Crippen molar-refractivity contribution in [2.45, 2.75) is 26.3 Å². The highest BCUT2D eigenvalue weighted by molar-refractivity contribution is 7.89. The zero-order valence-electron chi connectivity index (χ0n) is 9.27. The molecule has 0 aliphatic rings. The highest BCUT2D eigenvalue weighted by Crippen LogP contribution is 2.11. The minimum atomic E-state index is -3.14. The predicted octanol–water partition coefficient (Wildman–Crippen LogP) is 0.556. The summed E-state index contributed by atoms with van der Waals surface area (Å²) in [6, 6.07) is 0. The van der Waals surface area contributed by atoms with Crippen LogP contribution in [0.25, 0.3) is 0 Å². The molecule has 1 N–H and O–H groups in total. The second kappa shape index (κ2) is 4.76. The van der Waals surface area contributed by atoms with Crippen LogP contribution in [0.3, 0.4) is 0 Å². The third kappa shape index (κ3) is 3.32. The molecule has 1 rings (SSSR count). The summed E-state index contributed by atoms with van der Waals surface area (Å²) in [4.78, 5) is 4.19. The first-order valence-corrected chi connectivity index (χ1v) is 6.53. The summed E-state index contributed by atoms with van der Waals surface area (Å²) in [5.74, 6) is 1.30. The summed E-state index contributed by atoms with van der Waals surface area (Å²) in [5.41, 5.74) is 0. The van der Waals surface area contributed by atoms with Gasteiger partial charge in [-0.15, -0.1) is 0 Å². The number of hydrogen-bond donors (Lipinski definition) is 1. The predicted molar refractivity (Wildman–Crippen MR) is 59.2 cm³/mol. The maximum Gasteiger partial charge on any atom is 0.213 e. The van der Waals surface area contributed by atoms with E-state index in [1.54, 1.807) is 12.4 Å². The van der Waals surface area contributed by atoms with Crippen LogP contribution < -0.4 is 4.72 Å². The van der Waals surface area contributed by atoms with Gasteiger partial charge in [-0.05, 0) is 7.05 Å². The first kappa shape index (κ1) is 12.2. The quantitative estimate of drug-likeness (QED) is 0.805. The van der Waals surface area contributed by atoms with E-state index in [4.69, 9.17) is 0 Å². The molecule has 0 saturated carbocycles. The molecule has 0 amide bonds. The van der Waals surface area contributed by atoms with E-state index in [-0.39, 0.29) is 5.75 Å². The number of hydrogen-bond acceptors (Lipinski definition) is 3. The fraction of sp³-hybridized carbons (Fsp3) is 0.667. The van der Waals surface area contributed by atoms with Crippen molar-refractivity contribution in [2.75, 3.05) is 12.8 Å². The summed E-state index contributed by atoms with van der Waals surface area (Å²) in [6.45, 7) is 4.51. The summed E-state index contributed by atoms with van der Waals surface area (Å²) in [6.07, 6.45) is 3.50. The molecule has 6 heteroatoms. The van der Waals surface area contributed by atoms with Crippen LogP contribution in [0.15, 0.2) is 12.4 Å². The maximum atomic E-state index is 11.2. The standard InChI is InChI=1S/C9H17N3O2S/c1-8(2)9-11-4-5-12(9)6-7-15(13,14)10-3/h4-5,8,10H,6-7H2,1-3H3. The number of sulfonamides is 1. The number of nitrogens with one attached hydrogen (secondary N) is 1. The van der Waals surface area contributed by atoms with E-state index in [0.29, 0.717) is 12.5 Å². The first-order chi connectivity index (χ1) is 6.96. The van der Waals surface area contributed by atoms with E-state index in [0.717, 1.165) is 5.82 Å². The summed E-state index contributed by atoms with van der Waals surface area (Å²) < 4.78 is 26.6. The van der Waals surface area contributed by atoms with Crippen LogP contribution in [0.4, 0.5) is 0 Å². The number of imidazole rings is 1.